The molecule has 1 aromatic rings. The van der Waals surface area contributed by atoms with Gasteiger partial charge in [-0.15, -0.1) is 0 Å². The number of nitrogens with two attached hydrogens (primary N) is 1. The van der Waals surface area contributed by atoms with E-state index in [1.165, 1.54) is 6.07 Å². The molecule has 1 unspecified atom stereocenters. The number of halogens is 2. The summed E-state index contributed by atoms with van der Waals surface area (Å²) < 4.78 is 25.5. The summed E-state index contributed by atoms with van der Waals surface area (Å²) in [5.41, 5.74) is 5.66. The highest BCUT2D eigenvalue weighted by Gasteiger charge is 2.16. The minimum atomic E-state index is -1.19. The lowest BCUT2D eigenvalue weighted by atomic mass is 10.2. The molecular formula is C11H12F2N2O3. The predicted octanol–water partition coefficient (Wildman–Crippen LogP) is 0.383. The Morgan fingerprint density at radius 1 is 1.33 bits per heavy atom. The number of nitrogens with one attached hydrogen (secondary N) is 1. The minimum absolute atomic E-state index is 0.0522. The molecule has 5 nitrogen and oxygen atoms in total. The Hall–Kier alpha value is -2.02. The molecule has 0 radical (unpaired) electrons. The van der Waals surface area contributed by atoms with Crippen molar-refractivity contribution in [2.75, 3.05) is 0 Å². The largest absolute Gasteiger partial charge is 0.481 e. The maximum Gasteiger partial charge on any atom is 0.305 e. The van der Waals surface area contributed by atoms with E-state index in [0.29, 0.717) is 5.56 Å². The average Bonchev–Trinajstić information content (AvgIpc) is 2.29. The molecule has 7 heteroatoms. The number of benzene rings is 1. The molecule has 0 heterocycles. The van der Waals surface area contributed by atoms with E-state index in [-0.39, 0.29) is 6.54 Å². The molecule has 0 bridgehead atoms. The van der Waals surface area contributed by atoms with Gasteiger partial charge in [-0.05, 0) is 17.7 Å². The van der Waals surface area contributed by atoms with E-state index in [1.54, 1.807) is 0 Å². The SMILES string of the molecule is NC(CC(=O)O)C(=O)NCc1ccc(F)c(F)c1. The first-order valence-electron chi connectivity index (χ1n) is 5.09. The van der Waals surface area contributed by atoms with Gasteiger partial charge in [-0.3, -0.25) is 9.59 Å². The van der Waals surface area contributed by atoms with Crippen LogP contribution in [0, 0.1) is 11.6 Å². The number of carbonyl (C=O) groups is 2. The van der Waals surface area contributed by atoms with Gasteiger partial charge in [-0.25, -0.2) is 8.78 Å². The quantitative estimate of drug-likeness (QED) is 0.712. The molecule has 0 saturated carbocycles. The number of carboxylic acids is 1. The third kappa shape index (κ3) is 4.10. The first kappa shape index (κ1) is 14.0. The summed E-state index contributed by atoms with van der Waals surface area (Å²) in [5, 5.41) is 10.8. The summed E-state index contributed by atoms with van der Waals surface area (Å²) in [6.45, 7) is -0.0522. The van der Waals surface area contributed by atoms with E-state index in [2.05, 4.69) is 5.32 Å². The van der Waals surface area contributed by atoms with Gasteiger partial charge in [0.25, 0.3) is 0 Å². The number of aliphatic carboxylic acids is 1. The fourth-order valence-electron chi connectivity index (χ4n) is 1.25. The molecule has 0 saturated heterocycles. The molecule has 18 heavy (non-hydrogen) atoms. The van der Waals surface area contributed by atoms with Crippen LogP contribution in [0.3, 0.4) is 0 Å². The lowest BCUT2D eigenvalue weighted by Gasteiger charge is -2.10. The fourth-order valence-corrected chi connectivity index (χ4v) is 1.25. The van der Waals surface area contributed by atoms with E-state index in [9.17, 15) is 18.4 Å². The van der Waals surface area contributed by atoms with Crippen LogP contribution in [-0.4, -0.2) is 23.0 Å². The van der Waals surface area contributed by atoms with Gasteiger partial charge in [0.15, 0.2) is 11.6 Å². The Balaban J connectivity index is 2.52. The maximum atomic E-state index is 12.8. The van der Waals surface area contributed by atoms with Gasteiger partial charge >= 0.3 is 5.97 Å². The second-order valence-electron chi connectivity index (χ2n) is 3.67. The first-order chi connectivity index (χ1) is 8.40. The number of hydrogen-bond acceptors (Lipinski definition) is 3. The van der Waals surface area contributed by atoms with Crippen molar-refractivity contribution in [3.05, 3.63) is 35.4 Å². The topological polar surface area (TPSA) is 92.4 Å². The van der Waals surface area contributed by atoms with E-state index >= 15 is 0 Å². The van der Waals surface area contributed by atoms with Crippen molar-refractivity contribution in [2.24, 2.45) is 5.73 Å². The zero-order valence-corrected chi connectivity index (χ0v) is 9.32. The molecule has 4 N–H and O–H groups in total. The van der Waals surface area contributed by atoms with Crippen LogP contribution in [0.2, 0.25) is 0 Å². The van der Waals surface area contributed by atoms with Gasteiger partial charge < -0.3 is 16.2 Å². The maximum absolute atomic E-state index is 12.8. The summed E-state index contributed by atoms with van der Waals surface area (Å²) >= 11 is 0. The third-order valence-electron chi connectivity index (χ3n) is 2.18. The van der Waals surface area contributed by atoms with Crippen molar-refractivity contribution in [3.63, 3.8) is 0 Å². The number of rotatable bonds is 5. The predicted molar refractivity (Wildman–Crippen MR) is 58.4 cm³/mol. The molecule has 0 aliphatic carbocycles. The van der Waals surface area contributed by atoms with Crippen molar-refractivity contribution >= 4 is 11.9 Å². The number of carboxylic acid groups (broad SMARTS) is 1. The molecule has 0 aliphatic rings. The van der Waals surface area contributed by atoms with E-state index in [4.69, 9.17) is 10.8 Å². The van der Waals surface area contributed by atoms with Crippen LogP contribution in [-0.2, 0) is 16.1 Å². The van der Waals surface area contributed by atoms with E-state index < -0.39 is 36.0 Å². The fraction of sp³-hybridized carbons (Fsp3) is 0.273. The van der Waals surface area contributed by atoms with Crippen LogP contribution in [0.15, 0.2) is 18.2 Å². The molecule has 1 atom stereocenters. The van der Waals surface area contributed by atoms with Crippen LogP contribution in [0.4, 0.5) is 8.78 Å². The number of carbonyl (C=O) groups excluding carboxylic acids is 1. The van der Waals surface area contributed by atoms with E-state index in [0.717, 1.165) is 12.1 Å². The van der Waals surface area contributed by atoms with Gasteiger partial charge in [0.1, 0.15) is 0 Å². The Morgan fingerprint density at radius 3 is 2.56 bits per heavy atom. The van der Waals surface area contributed by atoms with Gasteiger partial charge in [-0.2, -0.15) is 0 Å². The highest BCUT2D eigenvalue weighted by molar-refractivity contribution is 5.85. The number of hydrogen-bond donors (Lipinski definition) is 3. The molecule has 1 amide bonds. The molecule has 1 rings (SSSR count). The van der Waals surface area contributed by atoms with Crippen LogP contribution in [0.5, 0.6) is 0 Å². The lowest BCUT2D eigenvalue weighted by molar-refractivity contribution is -0.139. The minimum Gasteiger partial charge on any atom is -0.481 e. The highest BCUT2D eigenvalue weighted by atomic mass is 19.2. The summed E-state index contributed by atoms with van der Waals surface area (Å²) in [6.07, 6.45) is -0.496. The van der Waals surface area contributed by atoms with Crippen LogP contribution >= 0.6 is 0 Å². The zero-order valence-electron chi connectivity index (χ0n) is 9.32. The smallest absolute Gasteiger partial charge is 0.305 e. The van der Waals surface area contributed by atoms with Crippen molar-refractivity contribution in [1.29, 1.82) is 0 Å². The Bertz CT molecular complexity index is 466. The Labute approximate surface area is 102 Å². The third-order valence-corrected chi connectivity index (χ3v) is 2.18. The van der Waals surface area contributed by atoms with Crippen molar-refractivity contribution in [3.8, 4) is 0 Å². The normalized spacial score (nSPS) is 11.9. The zero-order chi connectivity index (χ0) is 13.7. The molecule has 0 fully saturated rings. The summed E-state index contributed by atoms with van der Waals surface area (Å²) in [5.74, 6) is -3.85. The second-order valence-corrected chi connectivity index (χ2v) is 3.67. The second kappa shape index (κ2) is 6.06. The molecule has 0 aromatic heterocycles. The first-order valence-corrected chi connectivity index (χ1v) is 5.09. The summed E-state index contributed by atoms with van der Waals surface area (Å²) in [6, 6.07) is 2.01. The average molecular weight is 258 g/mol. The van der Waals surface area contributed by atoms with Crippen LogP contribution in [0.1, 0.15) is 12.0 Å². The molecule has 0 spiro atoms. The molecule has 1 aromatic carbocycles. The van der Waals surface area contributed by atoms with Gasteiger partial charge in [0, 0.05) is 6.54 Å². The van der Waals surface area contributed by atoms with Gasteiger partial charge in [0.2, 0.25) is 5.91 Å². The van der Waals surface area contributed by atoms with Gasteiger partial charge in [-0.1, -0.05) is 6.07 Å². The standard InChI is InChI=1S/C11H12F2N2O3/c12-7-2-1-6(3-8(7)13)5-15-11(18)9(14)4-10(16)17/h1-3,9H,4-5,14H2,(H,15,18)(H,16,17). The lowest BCUT2D eigenvalue weighted by Crippen LogP contribution is -2.41. The Kier molecular flexibility index (Phi) is 4.73. The monoisotopic (exact) mass is 258 g/mol. The van der Waals surface area contributed by atoms with Crippen molar-refractivity contribution < 1.29 is 23.5 Å². The number of amides is 1. The van der Waals surface area contributed by atoms with Crippen LogP contribution in [0.25, 0.3) is 0 Å². The van der Waals surface area contributed by atoms with E-state index in [1.807, 2.05) is 0 Å². The molecular weight excluding hydrogens is 246 g/mol. The van der Waals surface area contributed by atoms with Crippen molar-refractivity contribution in [1.82, 2.24) is 5.32 Å². The van der Waals surface area contributed by atoms with Crippen LogP contribution < -0.4 is 11.1 Å². The molecule has 0 aliphatic heterocycles. The van der Waals surface area contributed by atoms with Crippen molar-refractivity contribution in [2.45, 2.75) is 19.0 Å². The highest BCUT2D eigenvalue weighted by Crippen LogP contribution is 2.08. The summed E-state index contributed by atoms with van der Waals surface area (Å²) in [4.78, 5) is 21.7. The Morgan fingerprint density at radius 2 is 2.00 bits per heavy atom. The molecule has 98 valence electrons. The summed E-state index contributed by atoms with van der Waals surface area (Å²) in [7, 11) is 0. The van der Waals surface area contributed by atoms with Gasteiger partial charge in [0.05, 0.1) is 12.5 Å².